The molecule has 2 heteroatoms. The van der Waals surface area contributed by atoms with E-state index >= 15 is 0 Å². The van der Waals surface area contributed by atoms with E-state index in [0.29, 0.717) is 5.92 Å². The molecule has 98 valence electrons. The summed E-state index contributed by atoms with van der Waals surface area (Å²) in [4.78, 5) is 0. The summed E-state index contributed by atoms with van der Waals surface area (Å²) in [5.74, 6) is 0.581. The molecule has 1 heterocycles. The first-order valence-corrected chi connectivity index (χ1v) is 7.25. The predicted octanol–water partition coefficient (Wildman–Crippen LogP) is 3.31. The molecule has 2 nitrogen and oxygen atoms in total. The third kappa shape index (κ3) is 2.32. The van der Waals surface area contributed by atoms with Crippen LogP contribution in [0.15, 0.2) is 24.3 Å². The fraction of sp³-hybridized carbons (Fsp3) is 0.625. The molecule has 2 aliphatic rings. The highest BCUT2D eigenvalue weighted by atomic mass is 16.5. The molecule has 3 rings (SSSR count). The molecule has 1 aromatic rings. The lowest BCUT2D eigenvalue weighted by Crippen LogP contribution is -2.38. The highest BCUT2D eigenvalue weighted by Gasteiger charge is 2.30. The summed E-state index contributed by atoms with van der Waals surface area (Å²) in [6.45, 7) is 1.78. The third-order valence-electron chi connectivity index (χ3n) is 4.61. The van der Waals surface area contributed by atoms with Crippen molar-refractivity contribution in [2.45, 2.75) is 50.0 Å². The molecule has 1 saturated carbocycles. The zero-order valence-electron chi connectivity index (χ0n) is 11.0. The predicted molar refractivity (Wildman–Crippen MR) is 73.6 cm³/mol. The van der Waals surface area contributed by atoms with Gasteiger partial charge in [0.15, 0.2) is 0 Å². The summed E-state index contributed by atoms with van der Waals surface area (Å²) >= 11 is 0. The zero-order chi connectivity index (χ0) is 12.4. The maximum atomic E-state index is 6.62. The summed E-state index contributed by atoms with van der Waals surface area (Å²) in [7, 11) is 0. The van der Waals surface area contributed by atoms with Gasteiger partial charge in [0, 0.05) is 18.1 Å². The van der Waals surface area contributed by atoms with Crippen molar-refractivity contribution in [3.63, 3.8) is 0 Å². The van der Waals surface area contributed by atoms with Gasteiger partial charge in [-0.15, -0.1) is 0 Å². The van der Waals surface area contributed by atoms with E-state index in [1.54, 1.807) is 0 Å². The van der Waals surface area contributed by atoms with Crippen molar-refractivity contribution >= 4 is 0 Å². The Hall–Kier alpha value is -0.860. The van der Waals surface area contributed by atoms with Gasteiger partial charge >= 0.3 is 0 Å². The van der Waals surface area contributed by atoms with Crippen LogP contribution in [0.1, 0.15) is 55.6 Å². The number of rotatable bonds is 2. The molecule has 0 bridgehead atoms. The van der Waals surface area contributed by atoms with Gasteiger partial charge in [0.2, 0.25) is 0 Å². The number of benzene rings is 1. The summed E-state index contributed by atoms with van der Waals surface area (Å²) in [5, 5.41) is 0. The maximum absolute atomic E-state index is 6.62. The molecule has 18 heavy (non-hydrogen) atoms. The summed E-state index contributed by atoms with van der Waals surface area (Å²) < 4.78 is 5.49. The van der Waals surface area contributed by atoms with Crippen molar-refractivity contribution in [2.24, 2.45) is 5.73 Å². The second-order valence-electron chi connectivity index (χ2n) is 5.90. The van der Waals surface area contributed by atoms with Gasteiger partial charge in [-0.25, -0.2) is 0 Å². The van der Waals surface area contributed by atoms with Crippen LogP contribution >= 0.6 is 0 Å². The average Bonchev–Trinajstić information content (AvgIpc) is 2.94. The summed E-state index contributed by atoms with van der Waals surface area (Å²) in [6.07, 6.45) is 7.31. The molecule has 1 unspecified atom stereocenters. The van der Waals surface area contributed by atoms with E-state index in [0.717, 1.165) is 32.5 Å². The highest BCUT2D eigenvalue weighted by molar-refractivity contribution is 5.32. The Morgan fingerprint density at radius 1 is 1.17 bits per heavy atom. The van der Waals surface area contributed by atoms with E-state index in [4.69, 9.17) is 10.5 Å². The van der Waals surface area contributed by atoms with Gasteiger partial charge < -0.3 is 10.5 Å². The Bertz CT molecular complexity index is 403. The normalized spacial score (nSPS) is 27.3. The van der Waals surface area contributed by atoms with Crippen molar-refractivity contribution in [1.29, 1.82) is 0 Å². The second kappa shape index (κ2) is 5.02. The fourth-order valence-electron chi connectivity index (χ4n) is 3.37. The Morgan fingerprint density at radius 2 is 2.00 bits per heavy atom. The first-order chi connectivity index (χ1) is 8.78. The van der Waals surface area contributed by atoms with Gasteiger partial charge in [-0.05, 0) is 30.4 Å². The summed E-state index contributed by atoms with van der Waals surface area (Å²) in [6, 6.07) is 8.95. The minimum Gasteiger partial charge on any atom is -0.381 e. The Labute approximate surface area is 110 Å². The molecule has 0 aromatic heterocycles. The van der Waals surface area contributed by atoms with Crippen molar-refractivity contribution in [2.75, 3.05) is 13.2 Å². The molecule has 1 aliphatic heterocycles. The van der Waals surface area contributed by atoms with Gasteiger partial charge in [-0.3, -0.25) is 0 Å². The van der Waals surface area contributed by atoms with E-state index in [1.807, 2.05) is 0 Å². The second-order valence-corrected chi connectivity index (χ2v) is 5.90. The van der Waals surface area contributed by atoms with Crippen LogP contribution in [0.4, 0.5) is 0 Å². The lowest BCUT2D eigenvalue weighted by atomic mass is 9.76. The molecule has 0 amide bonds. The molecule has 0 radical (unpaired) electrons. The van der Waals surface area contributed by atoms with E-state index in [2.05, 4.69) is 24.3 Å². The monoisotopic (exact) mass is 245 g/mol. The van der Waals surface area contributed by atoms with Gasteiger partial charge in [0.1, 0.15) is 0 Å². The highest BCUT2D eigenvalue weighted by Crippen LogP contribution is 2.36. The first-order valence-electron chi connectivity index (χ1n) is 7.25. The Kier molecular flexibility index (Phi) is 3.40. The zero-order valence-corrected chi connectivity index (χ0v) is 11.0. The first kappa shape index (κ1) is 12.2. The molecule has 1 aliphatic carbocycles. The molecule has 0 spiro atoms. The smallest absolute Gasteiger partial charge is 0.0535 e. The Morgan fingerprint density at radius 3 is 2.72 bits per heavy atom. The average molecular weight is 245 g/mol. The van der Waals surface area contributed by atoms with Crippen LogP contribution in [0.2, 0.25) is 0 Å². The largest absolute Gasteiger partial charge is 0.381 e. The van der Waals surface area contributed by atoms with Gasteiger partial charge in [0.05, 0.1) is 6.61 Å². The molecule has 2 fully saturated rings. The molecular weight excluding hydrogens is 222 g/mol. The van der Waals surface area contributed by atoms with Crippen LogP contribution < -0.4 is 5.73 Å². The summed E-state index contributed by atoms with van der Waals surface area (Å²) in [5.41, 5.74) is 9.30. The fourth-order valence-corrected chi connectivity index (χ4v) is 3.37. The molecule has 1 saturated heterocycles. The van der Waals surface area contributed by atoms with Crippen LogP contribution in [-0.2, 0) is 10.3 Å². The van der Waals surface area contributed by atoms with Gasteiger partial charge in [0.25, 0.3) is 0 Å². The third-order valence-corrected chi connectivity index (χ3v) is 4.61. The lowest BCUT2D eigenvalue weighted by Gasteiger charge is -2.34. The molecule has 2 N–H and O–H groups in total. The van der Waals surface area contributed by atoms with Gasteiger partial charge in [-0.2, -0.15) is 0 Å². The van der Waals surface area contributed by atoms with E-state index in [9.17, 15) is 0 Å². The number of ether oxygens (including phenoxy) is 1. The maximum Gasteiger partial charge on any atom is 0.0535 e. The van der Waals surface area contributed by atoms with Crippen molar-refractivity contribution < 1.29 is 4.74 Å². The van der Waals surface area contributed by atoms with Crippen LogP contribution in [0.3, 0.4) is 0 Å². The molecule has 1 aromatic carbocycles. The van der Waals surface area contributed by atoms with Crippen LogP contribution in [0.5, 0.6) is 0 Å². The minimum absolute atomic E-state index is 0.0757. The van der Waals surface area contributed by atoms with Crippen LogP contribution in [-0.4, -0.2) is 13.2 Å². The molecule has 1 atom stereocenters. The van der Waals surface area contributed by atoms with Crippen molar-refractivity contribution in [3.8, 4) is 0 Å². The van der Waals surface area contributed by atoms with Crippen LogP contribution in [0, 0.1) is 0 Å². The standard InChI is InChI=1S/C16H23NO/c17-16(8-2-1-3-9-16)15-6-4-5-13(11-15)14-7-10-18-12-14/h4-6,11,14H,1-3,7-10,12,17H2. The minimum atomic E-state index is -0.0757. The molecular formula is C16H23NO. The number of nitrogens with two attached hydrogens (primary N) is 1. The topological polar surface area (TPSA) is 35.2 Å². The van der Waals surface area contributed by atoms with Gasteiger partial charge in [-0.1, -0.05) is 43.5 Å². The Balaban J connectivity index is 1.85. The van der Waals surface area contributed by atoms with E-state index in [-0.39, 0.29) is 5.54 Å². The number of hydrogen-bond donors (Lipinski definition) is 1. The SMILES string of the molecule is NC1(c2cccc(C3CCOC3)c2)CCCCC1. The van der Waals surface area contributed by atoms with Crippen LogP contribution in [0.25, 0.3) is 0 Å². The quantitative estimate of drug-likeness (QED) is 0.867. The van der Waals surface area contributed by atoms with Crippen molar-refractivity contribution in [3.05, 3.63) is 35.4 Å². The van der Waals surface area contributed by atoms with E-state index < -0.39 is 0 Å². The van der Waals surface area contributed by atoms with E-state index in [1.165, 1.54) is 30.4 Å². The van der Waals surface area contributed by atoms with Crippen molar-refractivity contribution in [1.82, 2.24) is 0 Å². The lowest BCUT2D eigenvalue weighted by molar-refractivity contribution is 0.194. The number of hydrogen-bond acceptors (Lipinski definition) is 2.